The van der Waals surface area contributed by atoms with E-state index in [-0.39, 0.29) is 6.03 Å². The van der Waals surface area contributed by atoms with Gasteiger partial charge in [0, 0.05) is 23.4 Å². The van der Waals surface area contributed by atoms with Crippen molar-refractivity contribution in [2.24, 2.45) is 0 Å². The van der Waals surface area contributed by atoms with Crippen molar-refractivity contribution in [2.45, 2.75) is 0 Å². The second-order valence-electron chi connectivity index (χ2n) is 4.23. The van der Waals surface area contributed by atoms with Gasteiger partial charge < -0.3 is 5.32 Å². The van der Waals surface area contributed by atoms with Crippen LogP contribution in [0.4, 0.5) is 10.5 Å². The summed E-state index contributed by atoms with van der Waals surface area (Å²) < 4.78 is 1.03. The number of carbonyl (C=O) groups is 1. The number of nitrogens with one attached hydrogen (secondary N) is 1. The number of anilines is 1. The van der Waals surface area contributed by atoms with Gasteiger partial charge in [0.2, 0.25) is 0 Å². The average Bonchev–Trinajstić information content (AvgIpc) is 2.49. The van der Waals surface area contributed by atoms with E-state index in [2.05, 4.69) is 21.2 Å². The van der Waals surface area contributed by atoms with E-state index in [1.54, 1.807) is 18.1 Å². The van der Waals surface area contributed by atoms with Gasteiger partial charge in [-0.05, 0) is 35.9 Å². The fourth-order valence-electron chi connectivity index (χ4n) is 1.65. The molecule has 2 aromatic rings. The minimum absolute atomic E-state index is 0.176. The topological polar surface area (TPSA) is 32.3 Å². The molecule has 2 aromatic carbocycles. The van der Waals surface area contributed by atoms with Crippen molar-refractivity contribution in [3.8, 4) is 0 Å². The highest BCUT2D eigenvalue weighted by atomic mass is 79.9. The number of hydrogen-bond donors (Lipinski definition) is 1. The summed E-state index contributed by atoms with van der Waals surface area (Å²) in [6.07, 6.45) is 3.49. The molecular formula is C16H15BrN2O. The van der Waals surface area contributed by atoms with E-state index in [0.29, 0.717) is 0 Å². The number of carbonyl (C=O) groups excluding carboxylic acids is 1. The highest BCUT2D eigenvalue weighted by Gasteiger charge is 2.07. The zero-order valence-corrected chi connectivity index (χ0v) is 12.7. The third-order valence-electron chi connectivity index (χ3n) is 2.80. The molecule has 4 heteroatoms. The Balaban J connectivity index is 1.93. The first kappa shape index (κ1) is 14.3. The molecule has 0 unspecified atom stereocenters. The monoisotopic (exact) mass is 330 g/mol. The van der Waals surface area contributed by atoms with Crippen molar-refractivity contribution >= 4 is 33.7 Å². The summed E-state index contributed by atoms with van der Waals surface area (Å²) in [7, 11) is 1.73. The lowest BCUT2D eigenvalue weighted by Gasteiger charge is -2.16. The Kier molecular flexibility index (Phi) is 4.96. The number of urea groups is 1. The highest BCUT2D eigenvalue weighted by molar-refractivity contribution is 9.10. The maximum Gasteiger partial charge on any atom is 0.325 e. The molecule has 0 bridgehead atoms. The summed E-state index contributed by atoms with van der Waals surface area (Å²) in [5.41, 5.74) is 1.87. The number of para-hydroxylation sites is 1. The van der Waals surface area contributed by atoms with E-state index in [0.717, 1.165) is 15.7 Å². The normalized spacial score (nSPS) is 10.5. The molecular weight excluding hydrogens is 316 g/mol. The molecule has 2 amide bonds. The molecule has 0 spiro atoms. The lowest BCUT2D eigenvalue weighted by Crippen LogP contribution is -2.34. The largest absolute Gasteiger partial charge is 0.325 e. The van der Waals surface area contributed by atoms with Crippen molar-refractivity contribution in [1.29, 1.82) is 0 Å². The minimum atomic E-state index is -0.176. The van der Waals surface area contributed by atoms with E-state index in [9.17, 15) is 4.79 Å². The van der Waals surface area contributed by atoms with Gasteiger partial charge in [0.25, 0.3) is 0 Å². The maximum absolute atomic E-state index is 11.9. The maximum atomic E-state index is 11.9. The molecule has 102 valence electrons. The van der Waals surface area contributed by atoms with Gasteiger partial charge in [-0.25, -0.2) is 4.79 Å². The molecule has 0 aliphatic rings. The van der Waals surface area contributed by atoms with Crippen LogP contribution in [0.2, 0.25) is 0 Å². The van der Waals surface area contributed by atoms with E-state index in [1.807, 2.05) is 60.7 Å². The lowest BCUT2D eigenvalue weighted by molar-refractivity contribution is 0.250. The van der Waals surface area contributed by atoms with Crippen LogP contribution in [0.5, 0.6) is 0 Å². The molecule has 3 nitrogen and oxygen atoms in total. The van der Waals surface area contributed by atoms with Crippen LogP contribution < -0.4 is 10.2 Å². The second kappa shape index (κ2) is 6.91. The quantitative estimate of drug-likeness (QED) is 0.895. The molecule has 0 aromatic heterocycles. The Morgan fingerprint density at radius 1 is 1.10 bits per heavy atom. The number of hydrogen-bond acceptors (Lipinski definition) is 1. The van der Waals surface area contributed by atoms with Crippen molar-refractivity contribution in [3.63, 3.8) is 0 Å². The summed E-state index contributed by atoms with van der Waals surface area (Å²) in [4.78, 5) is 13.5. The Bertz CT molecular complexity index is 594. The molecule has 0 radical (unpaired) electrons. The predicted octanol–water partition coefficient (Wildman–Crippen LogP) is 4.27. The molecule has 0 saturated carbocycles. The molecule has 2 rings (SSSR count). The van der Waals surface area contributed by atoms with Crippen molar-refractivity contribution in [1.82, 2.24) is 5.32 Å². The molecule has 0 aliphatic heterocycles. The van der Waals surface area contributed by atoms with Crippen molar-refractivity contribution in [2.75, 3.05) is 11.9 Å². The first-order valence-corrected chi connectivity index (χ1v) is 6.97. The Morgan fingerprint density at radius 2 is 1.75 bits per heavy atom. The van der Waals surface area contributed by atoms with Crippen LogP contribution in [0.25, 0.3) is 6.08 Å². The fraction of sp³-hybridized carbons (Fsp3) is 0.0625. The molecule has 0 fully saturated rings. The van der Waals surface area contributed by atoms with Gasteiger partial charge in [-0.15, -0.1) is 0 Å². The van der Waals surface area contributed by atoms with Gasteiger partial charge in [0.1, 0.15) is 0 Å². The van der Waals surface area contributed by atoms with Crippen molar-refractivity contribution in [3.05, 3.63) is 70.8 Å². The van der Waals surface area contributed by atoms with Gasteiger partial charge >= 0.3 is 6.03 Å². The van der Waals surface area contributed by atoms with E-state index in [1.165, 1.54) is 0 Å². The SMILES string of the molecule is CN(C(=O)N/C=C/c1ccc(Br)cc1)c1ccccc1. The summed E-state index contributed by atoms with van der Waals surface area (Å²) in [6, 6.07) is 17.2. The third kappa shape index (κ3) is 3.96. The van der Waals surface area contributed by atoms with E-state index >= 15 is 0 Å². The van der Waals surface area contributed by atoms with Gasteiger partial charge in [0.15, 0.2) is 0 Å². The first-order chi connectivity index (χ1) is 9.66. The number of rotatable bonds is 3. The van der Waals surface area contributed by atoms with Crippen LogP contribution in [-0.4, -0.2) is 13.1 Å². The number of nitrogens with zero attached hydrogens (tertiary/aromatic N) is 1. The average molecular weight is 331 g/mol. The Morgan fingerprint density at radius 3 is 2.40 bits per heavy atom. The van der Waals surface area contributed by atoms with Gasteiger partial charge in [-0.3, -0.25) is 4.90 Å². The lowest BCUT2D eigenvalue weighted by atomic mass is 10.2. The molecule has 0 aliphatic carbocycles. The predicted molar refractivity (Wildman–Crippen MR) is 86.6 cm³/mol. The zero-order valence-electron chi connectivity index (χ0n) is 11.1. The van der Waals surface area contributed by atoms with Crippen LogP contribution in [0.1, 0.15) is 5.56 Å². The molecule has 0 heterocycles. The first-order valence-electron chi connectivity index (χ1n) is 6.18. The van der Waals surface area contributed by atoms with Crippen LogP contribution in [-0.2, 0) is 0 Å². The van der Waals surface area contributed by atoms with Gasteiger partial charge in [0.05, 0.1) is 0 Å². The van der Waals surface area contributed by atoms with Crippen LogP contribution in [0.3, 0.4) is 0 Å². The smallest absolute Gasteiger partial charge is 0.314 e. The molecule has 1 N–H and O–H groups in total. The highest BCUT2D eigenvalue weighted by Crippen LogP contribution is 2.12. The van der Waals surface area contributed by atoms with Crippen LogP contribution >= 0.6 is 15.9 Å². The number of amides is 2. The zero-order chi connectivity index (χ0) is 14.4. The number of benzene rings is 2. The van der Waals surface area contributed by atoms with E-state index < -0.39 is 0 Å². The summed E-state index contributed by atoms with van der Waals surface area (Å²) in [5.74, 6) is 0. The standard InChI is InChI=1S/C16H15BrN2O/c1-19(15-5-3-2-4-6-15)16(20)18-12-11-13-7-9-14(17)10-8-13/h2-12H,1H3,(H,18,20)/b12-11+. The van der Waals surface area contributed by atoms with Gasteiger partial charge in [-0.1, -0.05) is 46.3 Å². The summed E-state index contributed by atoms with van der Waals surface area (Å²) in [5, 5.41) is 2.74. The molecule has 0 atom stereocenters. The fourth-order valence-corrected chi connectivity index (χ4v) is 1.91. The van der Waals surface area contributed by atoms with Gasteiger partial charge in [-0.2, -0.15) is 0 Å². The Hall–Kier alpha value is -2.07. The Labute approximate surface area is 127 Å². The summed E-state index contributed by atoms with van der Waals surface area (Å²) >= 11 is 3.38. The molecule has 0 saturated heterocycles. The third-order valence-corrected chi connectivity index (χ3v) is 3.33. The van der Waals surface area contributed by atoms with E-state index in [4.69, 9.17) is 0 Å². The van der Waals surface area contributed by atoms with Crippen LogP contribution in [0, 0.1) is 0 Å². The second-order valence-corrected chi connectivity index (χ2v) is 5.14. The minimum Gasteiger partial charge on any atom is -0.314 e. The van der Waals surface area contributed by atoms with Crippen molar-refractivity contribution < 1.29 is 4.79 Å². The number of halogens is 1. The molecule has 20 heavy (non-hydrogen) atoms. The summed E-state index contributed by atoms with van der Waals surface area (Å²) in [6.45, 7) is 0. The van der Waals surface area contributed by atoms with Crippen LogP contribution in [0.15, 0.2) is 65.3 Å².